The number of carbonyl (C=O) groups excluding carboxylic acids is 2. The number of benzene rings is 2. The van der Waals surface area contributed by atoms with Crippen LogP contribution in [0.5, 0.6) is 0 Å². The first-order valence-electron chi connectivity index (χ1n) is 11.8. The quantitative estimate of drug-likeness (QED) is 0.509. The summed E-state index contributed by atoms with van der Waals surface area (Å²) in [5.41, 5.74) is 4.61. The molecule has 2 aromatic carbocycles. The Balaban J connectivity index is 1.29. The van der Waals surface area contributed by atoms with E-state index < -0.39 is 18.0 Å². The third kappa shape index (κ3) is 5.30. The van der Waals surface area contributed by atoms with Crippen LogP contribution in [0, 0.1) is 5.92 Å². The van der Waals surface area contributed by atoms with Gasteiger partial charge in [0.2, 0.25) is 5.91 Å². The van der Waals surface area contributed by atoms with E-state index in [1.807, 2.05) is 37.3 Å². The zero-order chi connectivity index (χ0) is 24.1. The highest BCUT2D eigenvalue weighted by Crippen LogP contribution is 2.44. The monoisotopic (exact) mass is 462 g/mol. The van der Waals surface area contributed by atoms with E-state index in [1.54, 1.807) is 6.08 Å². The molecule has 3 N–H and O–H groups in total. The van der Waals surface area contributed by atoms with Crippen molar-refractivity contribution in [3.63, 3.8) is 0 Å². The number of carboxylic acids is 1. The summed E-state index contributed by atoms with van der Waals surface area (Å²) in [4.78, 5) is 36.3. The van der Waals surface area contributed by atoms with E-state index >= 15 is 0 Å². The molecule has 0 bridgehead atoms. The number of fused-ring (bicyclic) bond motifs is 3. The second-order valence-corrected chi connectivity index (χ2v) is 8.89. The standard InChI is InChI=1S/C27H30N2O5/c1-2-18(15-25(30)28-19-9-7-8-17(14-19)26(31)32)29-27(33)34-16-24-22-12-5-3-10-20(22)21-11-4-6-13-23(21)24/h3-7,9-13,17-19,24H,2,8,14-16H2,1H3,(H,28,30)(H,29,33)(H,31,32)/t17?,18-,19?/m0/s1. The van der Waals surface area contributed by atoms with Gasteiger partial charge in [0.05, 0.1) is 5.92 Å². The van der Waals surface area contributed by atoms with Crippen LogP contribution in [0.4, 0.5) is 4.79 Å². The molecule has 0 aliphatic heterocycles. The Morgan fingerprint density at radius 3 is 2.32 bits per heavy atom. The Labute approximate surface area is 199 Å². The van der Waals surface area contributed by atoms with Crippen molar-refractivity contribution in [3.8, 4) is 11.1 Å². The second-order valence-electron chi connectivity index (χ2n) is 8.89. The van der Waals surface area contributed by atoms with Crippen LogP contribution in [-0.4, -0.2) is 41.8 Å². The number of ether oxygens (including phenoxy) is 1. The molecule has 0 spiro atoms. The van der Waals surface area contributed by atoms with Crippen LogP contribution >= 0.6 is 0 Å². The maximum Gasteiger partial charge on any atom is 0.407 e. The molecule has 0 fully saturated rings. The molecule has 34 heavy (non-hydrogen) atoms. The minimum Gasteiger partial charge on any atom is -0.481 e. The first kappa shape index (κ1) is 23.5. The summed E-state index contributed by atoms with van der Waals surface area (Å²) in [7, 11) is 0. The minimum atomic E-state index is -0.855. The van der Waals surface area contributed by atoms with Crippen LogP contribution in [0.3, 0.4) is 0 Å². The van der Waals surface area contributed by atoms with Gasteiger partial charge in [-0.2, -0.15) is 0 Å². The van der Waals surface area contributed by atoms with Crippen LogP contribution < -0.4 is 10.6 Å². The van der Waals surface area contributed by atoms with Crippen LogP contribution in [0.1, 0.15) is 49.7 Å². The minimum absolute atomic E-state index is 0.0261. The van der Waals surface area contributed by atoms with E-state index in [0.717, 1.165) is 22.3 Å². The lowest BCUT2D eigenvalue weighted by Gasteiger charge is -2.24. The van der Waals surface area contributed by atoms with Gasteiger partial charge < -0.3 is 20.5 Å². The van der Waals surface area contributed by atoms with Crippen LogP contribution in [0.2, 0.25) is 0 Å². The zero-order valence-electron chi connectivity index (χ0n) is 19.2. The Bertz CT molecular complexity index is 1050. The van der Waals surface area contributed by atoms with Crippen LogP contribution in [0.25, 0.3) is 11.1 Å². The second kappa shape index (κ2) is 10.5. The first-order chi connectivity index (χ1) is 16.5. The summed E-state index contributed by atoms with van der Waals surface area (Å²) in [6.07, 6.45) is 4.58. The van der Waals surface area contributed by atoms with Crippen LogP contribution in [0.15, 0.2) is 60.7 Å². The van der Waals surface area contributed by atoms with E-state index in [-0.39, 0.29) is 36.9 Å². The van der Waals surface area contributed by atoms with Crippen LogP contribution in [-0.2, 0) is 14.3 Å². The van der Waals surface area contributed by atoms with Gasteiger partial charge in [-0.05, 0) is 41.5 Å². The van der Waals surface area contributed by atoms with Gasteiger partial charge in [-0.25, -0.2) is 4.79 Å². The van der Waals surface area contributed by atoms with E-state index in [0.29, 0.717) is 19.3 Å². The molecule has 2 aliphatic carbocycles. The average molecular weight is 463 g/mol. The summed E-state index contributed by atoms with van der Waals surface area (Å²) in [5.74, 6) is -1.60. The Kier molecular flexibility index (Phi) is 7.30. The number of aliphatic carboxylic acids is 1. The SMILES string of the molecule is CC[C@@H](CC(=O)NC1C=CCC(C(=O)O)C1)NC(=O)OCC1c2ccccc2-c2ccccc21. The molecule has 2 aliphatic rings. The fraction of sp³-hybridized carbons (Fsp3) is 0.370. The maximum atomic E-state index is 12.5. The predicted octanol–water partition coefficient (Wildman–Crippen LogP) is 4.23. The van der Waals surface area contributed by atoms with Crippen molar-refractivity contribution in [1.82, 2.24) is 10.6 Å². The van der Waals surface area contributed by atoms with Crippen molar-refractivity contribution in [2.45, 2.75) is 50.6 Å². The summed E-state index contributed by atoms with van der Waals surface area (Å²) in [5, 5.41) is 14.9. The number of alkyl carbamates (subject to hydrolysis) is 1. The molecule has 0 saturated heterocycles. The highest BCUT2D eigenvalue weighted by molar-refractivity contribution is 5.80. The van der Waals surface area contributed by atoms with Gasteiger partial charge in [0, 0.05) is 24.4 Å². The fourth-order valence-corrected chi connectivity index (χ4v) is 4.79. The van der Waals surface area contributed by atoms with E-state index in [9.17, 15) is 19.5 Å². The Hall–Kier alpha value is -3.61. The lowest BCUT2D eigenvalue weighted by molar-refractivity contribution is -0.142. The van der Waals surface area contributed by atoms with Crippen molar-refractivity contribution < 1.29 is 24.2 Å². The molecule has 2 unspecified atom stereocenters. The fourth-order valence-electron chi connectivity index (χ4n) is 4.79. The van der Waals surface area contributed by atoms with Crippen molar-refractivity contribution >= 4 is 18.0 Å². The van der Waals surface area contributed by atoms with Crippen molar-refractivity contribution in [2.75, 3.05) is 6.61 Å². The highest BCUT2D eigenvalue weighted by atomic mass is 16.5. The molecule has 7 heteroatoms. The van der Waals surface area contributed by atoms with Gasteiger partial charge in [-0.15, -0.1) is 0 Å². The molecule has 2 amide bonds. The van der Waals surface area contributed by atoms with Gasteiger partial charge in [-0.3, -0.25) is 9.59 Å². The zero-order valence-corrected chi connectivity index (χ0v) is 19.2. The number of amides is 2. The van der Waals surface area contributed by atoms with Crippen molar-refractivity contribution in [2.24, 2.45) is 5.92 Å². The van der Waals surface area contributed by atoms with Gasteiger partial charge in [0.25, 0.3) is 0 Å². The number of hydrogen-bond donors (Lipinski definition) is 3. The summed E-state index contributed by atoms with van der Waals surface area (Å²) in [6, 6.07) is 15.6. The molecule has 0 saturated carbocycles. The molecule has 178 valence electrons. The first-order valence-corrected chi connectivity index (χ1v) is 11.8. The number of nitrogens with one attached hydrogen (secondary N) is 2. The number of carboxylic acid groups (broad SMARTS) is 1. The van der Waals surface area contributed by atoms with Gasteiger partial charge in [-0.1, -0.05) is 67.6 Å². The lowest BCUT2D eigenvalue weighted by atomic mass is 9.91. The third-order valence-electron chi connectivity index (χ3n) is 6.61. The van der Waals surface area contributed by atoms with Crippen molar-refractivity contribution in [1.29, 1.82) is 0 Å². The molecule has 0 radical (unpaired) electrons. The molecule has 0 heterocycles. The molecule has 7 nitrogen and oxygen atoms in total. The Morgan fingerprint density at radius 2 is 1.71 bits per heavy atom. The third-order valence-corrected chi connectivity index (χ3v) is 6.61. The number of hydrogen-bond acceptors (Lipinski definition) is 4. The number of allylic oxidation sites excluding steroid dienone is 1. The largest absolute Gasteiger partial charge is 0.481 e. The average Bonchev–Trinajstić information content (AvgIpc) is 3.16. The molecule has 0 aromatic heterocycles. The van der Waals surface area contributed by atoms with Gasteiger partial charge in [0.15, 0.2) is 0 Å². The predicted molar refractivity (Wildman–Crippen MR) is 128 cm³/mol. The molecular weight excluding hydrogens is 432 g/mol. The van der Waals surface area contributed by atoms with E-state index in [1.165, 1.54) is 0 Å². The summed E-state index contributed by atoms with van der Waals surface area (Å²) < 4.78 is 5.59. The number of rotatable bonds is 8. The lowest BCUT2D eigenvalue weighted by Crippen LogP contribution is -2.43. The smallest absolute Gasteiger partial charge is 0.407 e. The molecule has 3 atom stereocenters. The summed E-state index contributed by atoms with van der Waals surface area (Å²) >= 11 is 0. The summed E-state index contributed by atoms with van der Waals surface area (Å²) in [6.45, 7) is 2.11. The highest BCUT2D eigenvalue weighted by Gasteiger charge is 2.29. The normalized spacial score (nSPS) is 19.6. The van der Waals surface area contributed by atoms with Gasteiger partial charge >= 0.3 is 12.1 Å². The van der Waals surface area contributed by atoms with E-state index in [4.69, 9.17) is 4.74 Å². The molecule has 4 rings (SSSR count). The van der Waals surface area contributed by atoms with Gasteiger partial charge in [0.1, 0.15) is 6.61 Å². The molecular formula is C27H30N2O5. The topological polar surface area (TPSA) is 105 Å². The Morgan fingerprint density at radius 1 is 1.06 bits per heavy atom. The van der Waals surface area contributed by atoms with E-state index in [2.05, 4.69) is 34.9 Å². The number of carbonyl (C=O) groups is 3. The maximum absolute atomic E-state index is 12.5. The molecule has 2 aromatic rings. The van der Waals surface area contributed by atoms with Crippen molar-refractivity contribution in [3.05, 3.63) is 71.8 Å².